The minimum atomic E-state index is -3.28. The fourth-order valence-corrected chi connectivity index (χ4v) is 6.46. The molecule has 0 heterocycles. The van der Waals surface area contributed by atoms with Crippen molar-refractivity contribution < 1.29 is 23.2 Å². The third-order valence-electron chi connectivity index (χ3n) is 7.74. The molecular formula is C34H61Br2O5P. The van der Waals surface area contributed by atoms with Gasteiger partial charge in [0.1, 0.15) is 0 Å². The molecule has 0 amide bonds. The van der Waals surface area contributed by atoms with Crippen LogP contribution >= 0.6 is 40.1 Å². The van der Waals surface area contributed by atoms with Crippen molar-refractivity contribution in [2.75, 3.05) is 0 Å². The highest BCUT2D eigenvalue weighted by molar-refractivity contribution is 9.11. The number of halogens is 2. The van der Waals surface area contributed by atoms with Crippen molar-refractivity contribution in [2.24, 2.45) is 0 Å². The highest BCUT2D eigenvalue weighted by Crippen LogP contribution is 2.30. The Morgan fingerprint density at radius 3 is 0.952 bits per heavy atom. The fraction of sp³-hybridized carbons (Fsp3) is 0.824. The van der Waals surface area contributed by atoms with Gasteiger partial charge in [0, 0.05) is 11.1 Å². The molecule has 0 fully saturated rings. The first kappa shape index (κ1) is 41.6. The number of unbranched alkanes of at least 4 members (excludes halogenated alkanes) is 22. The number of hydrogen-bond donors (Lipinski definition) is 0. The van der Waals surface area contributed by atoms with E-state index in [1.54, 1.807) is 0 Å². The number of carbonyl (C=O) groups excluding carboxylic acids is 2. The topological polar surface area (TPSA) is 69.7 Å². The van der Waals surface area contributed by atoms with Gasteiger partial charge in [-0.2, -0.15) is 0 Å². The second-order valence-electron chi connectivity index (χ2n) is 11.6. The molecule has 0 aliphatic carbocycles. The number of carbonyl (C=O) groups is 2. The van der Waals surface area contributed by atoms with E-state index in [9.17, 15) is 14.2 Å². The minimum absolute atomic E-state index is 0.407. The van der Waals surface area contributed by atoms with Crippen molar-refractivity contribution in [1.82, 2.24) is 0 Å². The summed E-state index contributed by atoms with van der Waals surface area (Å²) in [5, 5.41) is 0. The van der Waals surface area contributed by atoms with Gasteiger partial charge < -0.3 is 9.05 Å². The van der Waals surface area contributed by atoms with Crippen LogP contribution in [-0.4, -0.2) is 11.9 Å². The van der Waals surface area contributed by atoms with Gasteiger partial charge in [0.2, 0.25) is 0 Å². The van der Waals surface area contributed by atoms with Gasteiger partial charge in [-0.15, -0.1) is 0 Å². The Labute approximate surface area is 276 Å². The molecule has 0 saturated heterocycles. The summed E-state index contributed by atoms with van der Waals surface area (Å²) in [4.78, 5) is 27.9. The lowest BCUT2D eigenvalue weighted by Gasteiger charge is -2.10. The first-order chi connectivity index (χ1) is 20.5. The highest BCUT2D eigenvalue weighted by Gasteiger charge is 2.19. The van der Waals surface area contributed by atoms with E-state index < -0.39 is 20.2 Å². The molecule has 0 bridgehead atoms. The molecule has 0 radical (unpaired) electrons. The van der Waals surface area contributed by atoms with Crippen molar-refractivity contribution in [3.63, 3.8) is 0 Å². The van der Waals surface area contributed by atoms with Crippen molar-refractivity contribution in [1.29, 1.82) is 0 Å². The van der Waals surface area contributed by atoms with Gasteiger partial charge in [0.15, 0.2) is 0 Å². The Morgan fingerprint density at radius 2 is 0.714 bits per heavy atom. The average Bonchev–Trinajstić information content (AvgIpc) is 2.97. The van der Waals surface area contributed by atoms with Crippen LogP contribution in [0.25, 0.3) is 0 Å². The van der Waals surface area contributed by atoms with Crippen molar-refractivity contribution in [3.05, 3.63) is 21.1 Å². The third kappa shape index (κ3) is 26.1. The van der Waals surface area contributed by atoms with Crippen molar-refractivity contribution in [2.45, 2.75) is 181 Å². The molecular weight excluding hydrogens is 679 g/mol. The largest absolute Gasteiger partial charge is 0.423 e. The Kier molecular flexibility index (Phi) is 31.7. The monoisotopic (exact) mass is 738 g/mol. The van der Waals surface area contributed by atoms with Crippen LogP contribution in [0.4, 0.5) is 0 Å². The van der Waals surface area contributed by atoms with Gasteiger partial charge >= 0.3 is 20.2 Å². The second kappa shape index (κ2) is 32.0. The number of rotatable bonds is 30. The molecule has 0 N–H and O–H groups in total. The maximum atomic E-state index is 12.4. The molecule has 0 aliphatic rings. The van der Waals surface area contributed by atoms with E-state index >= 15 is 0 Å². The van der Waals surface area contributed by atoms with E-state index in [4.69, 9.17) is 9.05 Å². The molecule has 0 rings (SSSR count). The standard InChI is InChI=1S/C34H61Br2O5P/c1-3-5-7-9-11-13-15-17-19-21-23-25-27-31(29-35)33(37)40-42(39)41-34(38)32(30-36)28-26-24-22-20-18-16-14-12-10-8-6-4-2/h29-30,42H,3-28H2,1-2H3. The number of hydrogen-bond acceptors (Lipinski definition) is 5. The zero-order valence-electron chi connectivity index (χ0n) is 26.8. The molecule has 8 heteroatoms. The maximum absolute atomic E-state index is 12.4. The zero-order chi connectivity index (χ0) is 31.1. The van der Waals surface area contributed by atoms with Gasteiger partial charge in [-0.1, -0.05) is 187 Å². The summed E-state index contributed by atoms with van der Waals surface area (Å²) < 4.78 is 22.2. The predicted molar refractivity (Wildman–Crippen MR) is 187 cm³/mol. The molecule has 42 heavy (non-hydrogen) atoms. The third-order valence-corrected chi connectivity index (χ3v) is 9.55. The van der Waals surface area contributed by atoms with Crippen molar-refractivity contribution >= 4 is 52.1 Å². The summed E-state index contributed by atoms with van der Waals surface area (Å²) >= 11 is 6.44. The molecule has 0 aromatic carbocycles. The Bertz CT molecular complexity index is 694. The second-order valence-corrected chi connectivity index (χ2v) is 13.4. The lowest BCUT2D eigenvalue weighted by molar-refractivity contribution is -0.133. The molecule has 0 atom stereocenters. The highest BCUT2D eigenvalue weighted by atomic mass is 79.9. The summed E-state index contributed by atoms with van der Waals surface area (Å²) in [6, 6.07) is 0. The lowest BCUT2D eigenvalue weighted by atomic mass is 10.0. The minimum Gasteiger partial charge on any atom is -0.381 e. The quantitative estimate of drug-likeness (QED) is 0.0417. The summed E-state index contributed by atoms with van der Waals surface area (Å²) in [6.45, 7) is 4.50. The van der Waals surface area contributed by atoms with Gasteiger partial charge in [-0.25, -0.2) is 14.2 Å². The average molecular weight is 741 g/mol. The smallest absolute Gasteiger partial charge is 0.381 e. The molecule has 0 saturated carbocycles. The zero-order valence-corrected chi connectivity index (χ0v) is 31.0. The molecule has 0 aliphatic heterocycles. The molecule has 0 aromatic rings. The first-order valence-corrected chi connectivity index (χ1v) is 20.1. The molecule has 0 aromatic heterocycles. The Morgan fingerprint density at radius 1 is 0.476 bits per heavy atom. The van der Waals surface area contributed by atoms with E-state index in [1.807, 2.05) is 0 Å². The molecule has 0 spiro atoms. The van der Waals surface area contributed by atoms with Crippen LogP contribution in [-0.2, 0) is 23.2 Å². The van der Waals surface area contributed by atoms with Crippen molar-refractivity contribution in [3.8, 4) is 0 Å². The van der Waals surface area contributed by atoms with E-state index in [0.29, 0.717) is 24.0 Å². The van der Waals surface area contributed by atoms with E-state index in [2.05, 4.69) is 45.7 Å². The predicted octanol–water partition coefficient (Wildman–Crippen LogP) is 13.2. The first-order valence-electron chi connectivity index (χ1n) is 17.1. The van der Waals surface area contributed by atoms with Crippen LogP contribution in [0.1, 0.15) is 181 Å². The van der Waals surface area contributed by atoms with E-state index in [1.165, 1.54) is 126 Å². The fourth-order valence-electron chi connectivity index (χ4n) is 5.02. The van der Waals surface area contributed by atoms with E-state index in [-0.39, 0.29) is 0 Å². The van der Waals surface area contributed by atoms with Crippen LogP contribution in [0.15, 0.2) is 21.1 Å². The van der Waals surface area contributed by atoms with Gasteiger partial charge in [-0.3, -0.25) is 0 Å². The van der Waals surface area contributed by atoms with Gasteiger partial charge in [-0.05, 0) is 35.7 Å². The summed E-state index contributed by atoms with van der Waals surface area (Å²) in [6.07, 6.45) is 30.9. The molecule has 0 unspecified atom stereocenters. The van der Waals surface area contributed by atoms with Crippen LogP contribution in [0.5, 0.6) is 0 Å². The van der Waals surface area contributed by atoms with Crippen LogP contribution in [0, 0.1) is 0 Å². The van der Waals surface area contributed by atoms with Crippen LogP contribution in [0.3, 0.4) is 0 Å². The summed E-state index contributed by atoms with van der Waals surface area (Å²) in [5.74, 6) is -1.39. The van der Waals surface area contributed by atoms with Gasteiger partial charge in [0.25, 0.3) is 0 Å². The maximum Gasteiger partial charge on any atom is 0.423 e. The van der Waals surface area contributed by atoms with Gasteiger partial charge in [0.05, 0.1) is 0 Å². The Hall–Kier alpha value is -0.390. The normalized spacial score (nSPS) is 12.9. The van der Waals surface area contributed by atoms with E-state index in [0.717, 1.165) is 38.5 Å². The summed E-state index contributed by atoms with van der Waals surface area (Å²) in [5.41, 5.74) is 0.813. The van der Waals surface area contributed by atoms with Crippen LogP contribution in [0.2, 0.25) is 0 Å². The molecule has 246 valence electrons. The Balaban J connectivity index is 3.97. The SMILES string of the molecule is CCCCCCCCCCCCCCC(=CBr)C(=O)O[PH](=O)OC(=O)C(=CBr)CCCCCCCCCCCCCC. The molecule has 5 nitrogen and oxygen atoms in total. The van der Waals surface area contributed by atoms with Crippen LogP contribution < -0.4 is 0 Å². The summed E-state index contributed by atoms with van der Waals surface area (Å²) in [7, 11) is -3.28. The lowest BCUT2D eigenvalue weighted by Crippen LogP contribution is -2.08.